The Balaban J connectivity index is 1.91. The van der Waals surface area contributed by atoms with Crippen LogP contribution in [0.5, 0.6) is 5.75 Å². The highest BCUT2D eigenvalue weighted by molar-refractivity contribution is 8.14. The van der Waals surface area contributed by atoms with Gasteiger partial charge in [-0.2, -0.15) is 0 Å². The molecule has 1 aliphatic rings. The lowest BCUT2D eigenvalue weighted by Crippen LogP contribution is -2.28. The first kappa shape index (κ1) is 21.9. The number of aromatic hydroxyl groups is 1. The minimum absolute atomic E-state index is 0.0203. The zero-order valence-electron chi connectivity index (χ0n) is 16.1. The molecule has 0 bridgehead atoms. The number of ether oxygens (including phenoxy) is 1. The van der Waals surface area contributed by atoms with Crippen LogP contribution in [-0.2, 0) is 9.53 Å². The first-order chi connectivity index (χ1) is 13.2. The molecule has 0 spiro atoms. The number of aliphatic carboxylic acids is 1. The van der Waals surface area contributed by atoms with Crippen LogP contribution in [0.25, 0.3) is 0 Å². The Morgan fingerprint density at radius 1 is 1.39 bits per heavy atom. The molecule has 0 fully saturated rings. The largest absolute Gasteiger partial charge is 0.507 e. The smallest absolute Gasteiger partial charge is 0.407 e. The van der Waals surface area contributed by atoms with Crippen LogP contribution in [0, 0.1) is 11.8 Å². The van der Waals surface area contributed by atoms with Crippen molar-refractivity contribution in [3.8, 4) is 17.6 Å². The maximum Gasteiger partial charge on any atom is 0.407 e. The van der Waals surface area contributed by atoms with Crippen LogP contribution >= 0.6 is 11.8 Å². The lowest BCUT2D eigenvalue weighted by molar-refractivity contribution is -0.137. The molecule has 9 heteroatoms. The summed E-state index contributed by atoms with van der Waals surface area (Å²) in [6.07, 6.45) is -0.490. The number of nitrogens with zero attached hydrogens (tertiary/aromatic N) is 1. The van der Waals surface area contributed by atoms with Crippen molar-refractivity contribution in [1.29, 1.82) is 0 Å². The van der Waals surface area contributed by atoms with Gasteiger partial charge in [0.05, 0.1) is 13.2 Å². The molecule has 1 atom stereocenters. The molecule has 150 valence electrons. The van der Waals surface area contributed by atoms with Crippen molar-refractivity contribution in [3.63, 3.8) is 0 Å². The Labute approximate surface area is 169 Å². The van der Waals surface area contributed by atoms with Crippen LogP contribution in [0.3, 0.4) is 0 Å². The summed E-state index contributed by atoms with van der Waals surface area (Å²) in [7, 11) is -1.24. The van der Waals surface area contributed by atoms with Gasteiger partial charge in [0, 0.05) is 25.0 Å². The standard InChI is InChI=1S/C19H24N2O5SSi/c1-28(2,3)10-9-26-19(25)20-8-4-5-13-6-7-16(22)14(11-13)17-21-15(12-27-17)18(23)24/h6-7,11,15,22H,8-10,12H2,1-3H3,(H,20,25)(H,23,24). The number of hydrogen-bond donors (Lipinski definition) is 3. The number of hydrogen-bond acceptors (Lipinski definition) is 6. The van der Waals surface area contributed by atoms with Crippen LogP contribution < -0.4 is 5.32 Å². The Bertz CT molecular complexity index is 839. The van der Waals surface area contributed by atoms with Gasteiger partial charge in [0.25, 0.3) is 0 Å². The molecule has 0 radical (unpaired) electrons. The SMILES string of the molecule is C[Si](C)(C)CCOC(=O)NCC#Cc1ccc(O)c(C2=NC(C(=O)O)CS2)c1. The molecule has 3 N–H and O–H groups in total. The molecule has 1 amide bonds. The van der Waals surface area contributed by atoms with E-state index in [1.807, 2.05) is 0 Å². The van der Waals surface area contributed by atoms with Gasteiger partial charge in [-0.3, -0.25) is 4.99 Å². The summed E-state index contributed by atoms with van der Waals surface area (Å²) in [5, 5.41) is 22.1. The fraction of sp³-hybridized carbons (Fsp3) is 0.421. The maximum atomic E-state index is 11.6. The minimum atomic E-state index is -1.24. The fourth-order valence-corrected chi connectivity index (χ4v) is 3.96. The van der Waals surface area contributed by atoms with Crippen molar-refractivity contribution in [3.05, 3.63) is 29.3 Å². The highest BCUT2D eigenvalue weighted by Gasteiger charge is 2.26. The van der Waals surface area contributed by atoms with Crippen molar-refractivity contribution in [2.45, 2.75) is 31.7 Å². The molecule has 1 heterocycles. The Morgan fingerprint density at radius 3 is 2.79 bits per heavy atom. The molecule has 7 nitrogen and oxygen atoms in total. The van der Waals surface area contributed by atoms with E-state index in [1.165, 1.54) is 17.8 Å². The van der Waals surface area contributed by atoms with Crippen molar-refractivity contribution >= 4 is 36.9 Å². The lowest BCUT2D eigenvalue weighted by atomic mass is 10.1. The van der Waals surface area contributed by atoms with E-state index in [0.717, 1.165) is 6.04 Å². The zero-order valence-corrected chi connectivity index (χ0v) is 17.9. The van der Waals surface area contributed by atoms with Gasteiger partial charge < -0.3 is 20.3 Å². The predicted octanol–water partition coefficient (Wildman–Crippen LogP) is 2.75. The van der Waals surface area contributed by atoms with Gasteiger partial charge in [-0.05, 0) is 24.2 Å². The topological polar surface area (TPSA) is 108 Å². The number of thioether (sulfide) groups is 1. The van der Waals surface area contributed by atoms with E-state index in [2.05, 4.69) is 41.8 Å². The van der Waals surface area contributed by atoms with Crippen molar-refractivity contribution in [2.75, 3.05) is 18.9 Å². The zero-order chi connectivity index (χ0) is 20.7. The number of rotatable bonds is 6. The number of phenols is 1. The highest BCUT2D eigenvalue weighted by atomic mass is 32.2. The Hall–Kier alpha value is -2.44. The molecule has 1 unspecified atom stereocenters. The fourth-order valence-electron chi connectivity index (χ4n) is 2.20. The number of aliphatic imine (C=N–C) groups is 1. The Morgan fingerprint density at radius 2 is 2.14 bits per heavy atom. The molecular weight excluding hydrogens is 396 g/mol. The second-order valence-electron chi connectivity index (χ2n) is 7.43. The summed E-state index contributed by atoms with van der Waals surface area (Å²) in [6, 6.07) is 4.91. The van der Waals surface area contributed by atoms with Gasteiger partial charge in [-0.15, -0.1) is 11.8 Å². The Kier molecular flexibility index (Phi) is 7.54. The number of benzene rings is 1. The second-order valence-corrected chi connectivity index (χ2v) is 14.1. The van der Waals surface area contributed by atoms with Crippen LogP contribution in [0.2, 0.25) is 25.7 Å². The van der Waals surface area contributed by atoms with E-state index in [-0.39, 0.29) is 12.3 Å². The highest BCUT2D eigenvalue weighted by Crippen LogP contribution is 2.29. The van der Waals surface area contributed by atoms with E-state index in [4.69, 9.17) is 9.84 Å². The van der Waals surface area contributed by atoms with Gasteiger partial charge in [0.1, 0.15) is 10.8 Å². The quantitative estimate of drug-likeness (QED) is 0.482. The minimum Gasteiger partial charge on any atom is -0.507 e. The van der Waals surface area contributed by atoms with Gasteiger partial charge in [-0.1, -0.05) is 31.5 Å². The molecule has 0 aliphatic carbocycles. The van der Waals surface area contributed by atoms with E-state index in [0.29, 0.717) is 28.5 Å². The molecule has 28 heavy (non-hydrogen) atoms. The monoisotopic (exact) mass is 420 g/mol. The third kappa shape index (κ3) is 6.94. The summed E-state index contributed by atoms with van der Waals surface area (Å²) in [4.78, 5) is 26.8. The molecule has 0 saturated heterocycles. The summed E-state index contributed by atoms with van der Waals surface area (Å²) < 4.78 is 5.12. The maximum absolute atomic E-state index is 11.6. The van der Waals surface area contributed by atoms with E-state index in [1.54, 1.807) is 12.1 Å². The van der Waals surface area contributed by atoms with Crippen molar-refractivity contribution in [2.24, 2.45) is 4.99 Å². The number of carbonyl (C=O) groups is 2. The number of alkyl carbamates (subject to hydrolysis) is 1. The van der Waals surface area contributed by atoms with Gasteiger partial charge >= 0.3 is 12.1 Å². The van der Waals surface area contributed by atoms with Crippen LogP contribution in [0.15, 0.2) is 23.2 Å². The van der Waals surface area contributed by atoms with Gasteiger partial charge in [0.2, 0.25) is 0 Å². The second kappa shape index (κ2) is 9.66. The lowest BCUT2D eigenvalue weighted by Gasteiger charge is -2.15. The third-order valence-electron chi connectivity index (χ3n) is 3.80. The van der Waals surface area contributed by atoms with E-state index < -0.39 is 26.2 Å². The molecule has 1 aromatic rings. The van der Waals surface area contributed by atoms with E-state index >= 15 is 0 Å². The van der Waals surface area contributed by atoms with Crippen LogP contribution in [0.4, 0.5) is 4.79 Å². The first-order valence-corrected chi connectivity index (χ1v) is 13.5. The summed E-state index contributed by atoms with van der Waals surface area (Å²) >= 11 is 1.29. The number of carboxylic acids is 1. The van der Waals surface area contributed by atoms with Crippen molar-refractivity contribution in [1.82, 2.24) is 5.32 Å². The average molecular weight is 421 g/mol. The van der Waals surface area contributed by atoms with Gasteiger partial charge in [-0.25, -0.2) is 9.59 Å². The summed E-state index contributed by atoms with van der Waals surface area (Å²) in [6.45, 7) is 7.18. The molecule has 0 aromatic heterocycles. The third-order valence-corrected chi connectivity index (χ3v) is 6.59. The van der Waals surface area contributed by atoms with E-state index in [9.17, 15) is 14.7 Å². The van der Waals surface area contributed by atoms with Crippen molar-refractivity contribution < 1.29 is 24.5 Å². The molecule has 2 rings (SSSR count). The number of amides is 1. The normalized spacial score (nSPS) is 16.0. The molecular formula is C19H24N2O5SSi. The number of carbonyl (C=O) groups excluding carboxylic acids is 1. The average Bonchev–Trinajstić information content (AvgIpc) is 3.09. The van der Waals surface area contributed by atoms with Crippen LogP contribution in [0.1, 0.15) is 11.1 Å². The molecule has 1 aliphatic heterocycles. The van der Waals surface area contributed by atoms with Crippen LogP contribution in [-0.4, -0.2) is 60.3 Å². The predicted molar refractivity (Wildman–Crippen MR) is 113 cm³/mol. The number of phenolic OH excluding ortho intramolecular Hbond substituents is 1. The number of carboxylic acid groups (broad SMARTS) is 1. The molecule has 1 aromatic carbocycles. The van der Waals surface area contributed by atoms with Gasteiger partial charge in [0.15, 0.2) is 6.04 Å². The first-order valence-electron chi connectivity index (χ1n) is 8.82. The summed E-state index contributed by atoms with van der Waals surface area (Å²) in [5.41, 5.74) is 1.09. The molecule has 0 saturated carbocycles. The number of nitrogens with one attached hydrogen (secondary N) is 1. The summed E-state index contributed by atoms with van der Waals surface area (Å²) in [5.74, 6) is 5.10.